The molecule has 14 heavy (non-hydrogen) atoms. The topological polar surface area (TPSA) is 94.8 Å². The minimum atomic E-state index is -4.07. The van der Waals surface area contributed by atoms with Crippen LogP contribution in [-0.2, 0) is 10.7 Å². The molecule has 0 spiro atoms. The highest BCUT2D eigenvalue weighted by Crippen LogP contribution is 2.38. The zero-order valence-corrected chi connectivity index (χ0v) is 8.02. The highest BCUT2D eigenvalue weighted by Gasteiger charge is 2.13. The van der Waals surface area contributed by atoms with Gasteiger partial charge in [0.25, 0.3) is 0 Å². The van der Waals surface area contributed by atoms with Crippen LogP contribution < -0.4 is 0 Å². The van der Waals surface area contributed by atoms with Crippen LogP contribution in [0.5, 0.6) is 0 Å². The van der Waals surface area contributed by atoms with Crippen molar-refractivity contribution in [3.8, 4) is 0 Å². The Morgan fingerprint density at radius 1 is 1.21 bits per heavy atom. The van der Waals surface area contributed by atoms with Crippen molar-refractivity contribution in [1.82, 2.24) is 0 Å². The molecule has 76 valence electrons. The lowest BCUT2D eigenvalue weighted by molar-refractivity contribution is 0.0697. The maximum atomic E-state index is 10.6. The van der Waals surface area contributed by atoms with Gasteiger partial charge in [0.1, 0.15) is 0 Å². The van der Waals surface area contributed by atoms with Crippen LogP contribution in [-0.4, -0.2) is 20.9 Å². The van der Waals surface area contributed by atoms with E-state index in [0.717, 1.165) is 0 Å². The van der Waals surface area contributed by atoms with E-state index in [2.05, 4.69) is 0 Å². The lowest BCUT2D eigenvalue weighted by Crippen LogP contribution is -1.96. The smallest absolute Gasteiger partial charge is 0.335 e. The van der Waals surface area contributed by atoms with Crippen molar-refractivity contribution in [2.24, 2.45) is 0 Å². The second-order valence-corrected chi connectivity index (χ2v) is 4.47. The zero-order valence-electron chi connectivity index (χ0n) is 7.12. The van der Waals surface area contributed by atoms with Crippen LogP contribution in [0.15, 0.2) is 24.3 Å². The summed E-state index contributed by atoms with van der Waals surface area (Å²) < 4.78 is 10.6. The van der Waals surface area contributed by atoms with Gasteiger partial charge < -0.3 is 14.9 Å². The monoisotopic (exact) mass is 216 g/mol. The third-order valence-corrected chi connectivity index (χ3v) is 2.37. The highest BCUT2D eigenvalue weighted by atomic mass is 31.2. The Labute approximate surface area is 80.2 Å². The van der Waals surface area contributed by atoms with Crippen LogP contribution in [0, 0.1) is 0 Å². The first-order valence-electron chi connectivity index (χ1n) is 3.75. The first-order chi connectivity index (χ1) is 6.38. The van der Waals surface area contributed by atoms with E-state index in [-0.39, 0.29) is 11.7 Å². The molecular weight excluding hydrogens is 207 g/mol. The van der Waals surface area contributed by atoms with E-state index in [9.17, 15) is 9.36 Å². The molecule has 1 aromatic carbocycles. The summed E-state index contributed by atoms with van der Waals surface area (Å²) in [6.45, 7) is 0. The van der Waals surface area contributed by atoms with Gasteiger partial charge in [-0.05, 0) is 17.7 Å². The van der Waals surface area contributed by atoms with Crippen LogP contribution in [0.1, 0.15) is 15.9 Å². The molecule has 0 bridgehead atoms. The molecule has 5 nitrogen and oxygen atoms in total. The van der Waals surface area contributed by atoms with Gasteiger partial charge in [-0.1, -0.05) is 12.1 Å². The molecule has 0 aliphatic carbocycles. The van der Waals surface area contributed by atoms with E-state index in [0.29, 0.717) is 5.56 Å². The van der Waals surface area contributed by atoms with Crippen molar-refractivity contribution < 1.29 is 24.3 Å². The molecular formula is C8H9O5P. The van der Waals surface area contributed by atoms with Crippen molar-refractivity contribution >= 4 is 13.6 Å². The van der Waals surface area contributed by atoms with E-state index in [1.165, 1.54) is 24.3 Å². The summed E-state index contributed by atoms with van der Waals surface area (Å²) in [5.41, 5.74) is 0.516. The van der Waals surface area contributed by atoms with Crippen LogP contribution in [0.25, 0.3) is 0 Å². The molecule has 0 atom stereocenters. The third kappa shape index (κ3) is 3.30. The second kappa shape index (κ2) is 3.92. The van der Waals surface area contributed by atoms with E-state index >= 15 is 0 Å². The molecule has 0 saturated heterocycles. The fraction of sp³-hybridized carbons (Fsp3) is 0.125. The molecule has 0 unspecified atom stereocenters. The second-order valence-electron chi connectivity index (χ2n) is 2.82. The van der Waals surface area contributed by atoms with Gasteiger partial charge in [-0.15, -0.1) is 0 Å². The van der Waals surface area contributed by atoms with Crippen molar-refractivity contribution in [3.63, 3.8) is 0 Å². The molecule has 0 aromatic heterocycles. The maximum absolute atomic E-state index is 10.6. The molecule has 6 heteroatoms. The Morgan fingerprint density at radius 2 is 1.71 bits per heavy atom. The fourth-order valence-electron chi connectivity index (χ4n) is 0.991. The molecule has 0 aliphatic rings. The summed E-state index contributed by atoms with van der Waals surface area (Å²) in [7, 11) is -4.07. The molecule has 0 heterocycles. The van der Waals surface area contributed by atoms with E-state index in [4.69, 9.17) is 14.9 Å². The van der Waals surface area contributed by atoms with Crippen molar-refractivity contribution in [3.05, 3.63) is 35.4 Å². The number of carboxylic acid groups (broad SMARTS) is 1. The number of benzene rings is 1. The number of carboxylic acids is 1. The van der Waals surface area contributed by atoms with Crippen LogP contribution in [0.2, 0.25) is 0 Å². The lowest BCUT2D eigenvalue weighted by atomic mass is 10.1. The predicted octanol–water partition coefficient (Wildman–Crippen LogP) is 1.06. The Bertz CT molecular complexity index is 377. The lowest BCUT2D eigenvalue weighted by Gasteiger charge is -2.03. The first-order valence-corrected chi connectivity index (χ1v) is 5.55. The molecule has 0 fully saturated rings. The molecule has 3 N–H and O–H groups in total. The summed E-state index contributed by atoms with van der Waals surface area (Å²) in [6.07, 6.45) is -0.368. The molecule has 0 aliphatic heterocycles. The quantitative estimate of drug-likeness (QED) is 0.656. The van der Waals surface area contributed by atoms with E-state index in [1.807, 2.05) is 0 Å². The molecule has 0 amide bonds. The van der Waals surface area contributed by atoms with Crippen LogP contribution in [0.3, 0.4) is 0 Å². The van der Waals surface area contributed by atoms with Gasteiger partial charge in [-0.25, -0.2) is 4.79 Å². The minimum absolute atomic E-state index is 0.0967. The van der Waals surface area contributed by atoms with Crippen molar-refractivity contribution in [2.45, 2.75) is 6.16 Å². The molecule has 0 saturated carbocycles. The van der Waals surface area contributed by atoms with Gasteiger partial charge >= 0.3 is 13.6 Å². The van der Waals surface area contributed by atoms with Gasteiger partial charge in [-0.3, -0.25) is 4.57 Å². The van der Waals surface area contributed by atoms with Gasteiger partial charge in [0, 0.05) is 0 Å². The van der Waals surface area contributed by atoms with Gasteiger partial charge in [0.05, 0.1) is 11.7 Å². The fourth-order valence-corrected chi connectivity index (χ4v) is 1.68. The summed E-state index contributed by atoms with van der Waals surface area (Å²) in [5, 5.41) is 8.55. The summed E-state index contributed by atoms with van der Waals surface area (Å²) in [5.74, 6) is -1.06. The summed E-state index contributed by atoms with van der Waals surface area (Å²) in [6, 6.07) is 5.41. The summed E-state index contributed by atoms with van der Waals surface area (Å²) in [4.78, 5) is 27.7. The van der Waals surface area contributed by atoms with Crippen molar-refractivity contribution in [2.75, 3.05) is 0 Å². The Morgan fingerprint density at radius 3 is 2.07 bits per heavy atom. The Hall–Kier alpha value is -1.16. The van der Waals surface area contributed by atoms with E-state index in [1.54, 1.807) is 0 Å². The highest BCUT2D eigenvalue weighted by molar-refractivity contribution is 7.50. The van der Waals surface area contributed by atoms with Crippen molar-refractivity contribution in [1.29, 1.82) is 0 Å². The first kappa shape index (κ1) is 10.9. The standard InChI is InChI=1S/C8H9O5P/c9-8(10)7-3-1-6(2-4-7)5-14(11,12)13/h1-4H,5H2,(H,9,10)(H2,11,12,13). The maximum Gasteiger partial charge on any atom is 0.335 e. The number of hydrogen-bond acceptors (Lipinski definition) is 2. The largest absolute Gasteiger partial charge is 0.478 e. The van der Waals surface area contributed by atoms with Crippen LogP contribution >= 0.6 is 7.60 Å². The van der Waals surface area contributed by atoms with Gasteiger partial charge in [0.15, 0.2) is 0 Å². The van der Waals surface area contributed by atoms with E-state index < -0.39 is 13.6 Å². The molecule has 1 aromatic rings. The number of carbonyl (C=O) groups is 1. The average molecular weight is 216 g/mol. The SMILES string of the molecule is O=C(O)c1ccc(CP(=O)(O)O)cc1. The zero-order chi connectivity index (χ0) is 10.8. The Kier molecular flexibility index (Phi) is 3.06. The number of rotatable bonds is 3. The number of hydrogen-bond donors (Lipinski definition) is 3. The minimum Gasteiger partial charge on any atom is -0.478 e. The molecule has 0 radical (unpaired) electrons. The van der Waals surface area contributed by atoms with Crippen LogP contribution in [0.4, 0.5) is 0 Å². The normalized spacial score (nSPS) is 11.3. The van der Waals surface area contributed by atoms with Gasteiger partial charge in [0.2, 0.25) is 0 Å². The third-order valence-electron chi connectivity index (χ3n) is 1.59. The predicted molar refractivity (Wildman–Crippen MR) is 49.1 cm³/mol. The Balaban J connectivity index is 2.84. The van der Waals surface area contributed by atoms with Gasteiger partial charge in [-0.2, -0.15) is 0 Å². The molecule has 1 rings (SSSR count). The average Bonchev–Trinajstić information content (AvgIpc) is 2.02. The number of aromatic carboxylic acids is 1. The summed E-state index contributed by atoms with van der Waals surface area (Å²) >= 11 is 0.